The fourth-order valence-electron chi connectivity index (χ4n) is 1.81. The lowest BCUT2D eigenvalue weighted by Gasteiger charge is -2.06. The maximum absolute atomic E-state index is 13.8. The van der Waals surface area contributed by atoms with Gasteiger partial charge in [0, 0.05) is 23.2 Å². The number of hydrogen-bond donors (Lipinski definition) is 0. The molecule has 3 aromatic rings. The van der Waals surface area contributed by atoms with Gasteiger partial charge in [0.1, 0.15) is 15.8 Å². The van der Waals surface area contributed by atoms with Gasteiger partial charge in [-0.05, 0) is 18.2 Å². The highest BCUT2D eigenvalue weighted by atomic mass is 35.5. The Bertz CT molecular complexity index is 848. The Labute approximate surface area is 127 Å². The van der Waals surface area contributed by atoms with E-state index < -0.39 is 5.82 Å². The van der Waals surface area contributed by atoms with Gasteiger partial charge in [-0.3, -0.25) is 4.79 Å². The first-order valence-electron chi connectivity index (χ1n) is 5.95. The summed E-state index contributed by atoms with van der Waals surface area (Å²) in [7, 11) is 0. The molecule has 1 aromatic carbocycles. The van der Waals surface area contributed by atoms with Gasteiger partial charge in [-0.25, -0.2) is 9.07 Å². The molecule has 21 heavy (non-hydrogen) atoms. The second-order valence-electron chi connectivity index (χ2n) is 4.19. The van der Waals surface area contributed by atoms with Crippen molar-refractivity contribution in [3.8, 4) is 11.3 Å². The summed E-state index contributed by atoms with van der Waals surface area (Å²) in [5.74, 6) is -0.399. The zero-order valence-corrected chi connectivity index (χ0v) is 12.1. The summed E-state index contributed by atoms with van der Waals surface area (Å²) in [4.78, 5) is 11.8. The third kappa shape index (κ3) is 2.84. The monoisotopic (exact) mass is 322 g/mol. The minimum absolute atomic E-state index is 0.0937. The third-order valence-electron chi connectivity index (χ3n) is 2.83. The SMILES string of the molecule is O=c1ccc(-c2ccccc2F)nn1Cc1nnsc1Cl. The molecule has 0 aliphatic heterocycles. The van der Waals surface area contributed by atoms with Gasteiger partial charge in [-0.2, -0.15) is 5.10 Å². The number of nitrogens with zero attached hydrogens (tertiary/aromatic N) is 4. The smallest absolute Gasteiger partial charge is 0.267 e. The average Bonchev–Trinajstić information content (AvgIpc) is 2.87. The highest BCUT2D eigenvalue weighted by Crippen LogP contribution is 2.20. The quantitative estimate of drug-likeness (QED) is 0.743. The summed E-state index contributed by atoms with van der Waals surface area (Å²) >= 11 is 6.95. The van der Waals surface area contributed by atoms with Gasteiger partial charge in [0.2, 0.25) is 0 Å². The van der Waals surface area contributed by atoms with Crippen LogP contribution in [0, 0.1) is 5.82 Å². The largest absolute Gasteiger partial charge is 0.268 e. The normalized spacial score (nSPS) is 10.8. The Kier molecular flexibility index (Phi) is 3.76. The molecular weight excluding hydrogens is 315 g/mol. The van der Waals surface area contributed by atoms with Crippen molar-refractivity contribution in [1.82, 2.24) is 19.4 Å². The average molecular weight is 323 g/mol. The summed E-state index contributed by atoms with van der Waals surface area (Å²) in [6.45, 7) is 0.0937. The Hall–Kier alpha value is -2.12. The molecule has 0 saturated heterocycles. The molecule has 8 heteroatoms. The van der Waals surface area contributed by atoms with Crippen molar-refractivity contribution < 1.29 is 4.39 Å². The van der Waals surface area contributed by atoms with E-state index in [1.807, 2.05) is 0 Å². The van der Waals surface area contributed by atoms with Crippen molar-refractivity contribution in [3.63, 3.8) is 0 Å². The molecule has 0 aliphatic carbocycles. The maximum atomic E-state index is 13.8. The fraction of sp³-hybridized carbons (Fsp3) is 0.0769. The summed E-state index contributed by atoms with van der Waals surface area (Å²) < 4.78 is 19.1. The molecule has 0 N–H and O–H groups in total. The first kappa shape index (κ1) is 13.8. The van der Waals surface area contributed by atoms with Crippen LogP contribution in [0.1, 0.15) is 5.69 Å². The van der Waals surface area contributed by atoms with Crippen LogP contribution in [0.4, 0.5) is 4.39 Å². The summed E-state index contributed by atoms with van der Waals surface area (Å²) in [5.41, 5.74) is 0.835. The molecule has 0 saturated carbocycles. The molecule has 5 nitrogen and oxygen atoms in total. The molecule has 0 aliphatic rings. The Morgan fingerprint density at radius 2 is 2.05 bits per heavy atom. The van der Waals surface area contributed by atoms with Gasteiger partial charge in [-0.1, -0.05) is 28.2 Å². The second-order valence-corrected chi connectivity index (χ2v) is 5.54. The summed E-state index contributed by atoms with van der Waals surface area (Å²) in [5, 5.41) is 8.00. The zero-order chi connectivity index (χ0) is 14.8. The van der Waals surface area contributed by atoms with Gasteiger partial charge in [-0.15, -0.1) is 5.10 Å². The molecule has 0 fully saturated rings. The van der Waals surface area contributed by atoms with Gasteiger partial charge in [0.25, 0.3) is 5.56 Å². The third-order valence-corrected chi connectivity index (χ3v) is 3.81. The van der Waals surface area contributed by atoms with E-state index in [-0.39, 0.29) is 12.1 Å². The van der Waals surface area contributed by atoms with Gasteiger partial charge in [0.15, 0.2) is 0 Å². The van der Waals surface area contributed by atoms with Crippen molar-refractivity contribution in [1.29, 1.82) is 0 Å². The van der Waals surface area contributed by atoms with Crippen molar-refractivity contribution >= 4 is 23.1 Å². The van der Waals surface area contributed by atoms with Gasteiger partial charge in [0.05, 0.1) is 12.2 Å². The lowest BCUT2D eigenvalue weighted by Crippen LogP contribution is -2.23. The lowest BCUT2D eigenvalue weighted by atomic mass is 10.1. The van der Waals surface area contributed by atoms with Gasteiger partial charge < -0.3 is 0 Å². The van der Waals surface area contributed by atoms with Crippen LogP contribution in [0.3, 0.4) is 0 Å². The van der Waals surface area contributed by atoms with E-state index in [0.717, 1.165) is 11.5 Å². The minimum Gasteiger partial charge on any atom is -0.268 e. The van der Waals surface area contributed by atoms with Crippen molar-refractivity contribution in [2.24, 2.45) is 0 Å². The molecule has 3 rings (SSSR count). The standard InChI is InChI=1S/C13H8ClFN4OS/c14-13-11(16-18-21-13)7-19-12(20)6-5-10(17-19)8-3-1-2-4-9(8)15/h1-6H,7H2. The molecule has 2 heterocycles. The van der Waals surface area contributed by atoms with Gasteiger partial charge >= 0.3 is 0 Å². The summed E-state index contributed by atoms with van der Waals surface area (Å²) in [6.07, 6.45) is 0. The maximum Gasteiger partial charge on any atom is 0.267 e. The zero-order valence-electron chi connectivity index (χ0n) is 10.5. The van der Waals surface area contributed by atoms with Crippen LogP contribution in [-0.2, 0) is 6.54 Å². The van der Waals surface area contributed by atoms with E-state index >= 15 is 0 Å². The van der Waals surface area contributed by atoms with E-state index in [9.17, 15) is 9.18 Å². The first-order valence-corrected chi connectivity index (χ1v) is 7.10. The van der Waals surface area contributed by atoms with E-state index in [2.05, 4.69) is 14.7 Å². The van der Waals surface area contributed by atoms with E-state index in [0.29, 0.717) is 21.3 Å². The van der Waals surface area contributed by atoms with E-state index in [4.69, 9.17) is 11.6 Å². The van der Waals surface area contributed by atoms with Crippen molar-refractivity contribution in [3.05, 3.63) is 62.6 Å². The predicted molar refractivity (Wildman–Crippen MR) is 77.9 cm³/mol. The second kappa shape index (κ2) is 5.71. The van der Waals surface area contributed by atoms with Crippen LogP contribution >= 0.6 is 23.1 Å². The molecule has 0 atom stereocenters. The number of halogens is 2. The number of rotatable bonds is 3. The van der Waals surface area contributed by atoms with Crippen LogP contribution in [0.25, 0.3) is 11.3 Å². The van der Waals surface area contributed by atoms with Crippen molar-refractivity contribution in [2.75, 3.05) is 0 Å². The van der Waals surface area contributed by atoms with E-state index in [1.165, 1.54) is 22.9 Å². The van der Waals surface area contributed by atoms with Crippen LogP contribution in [0.5, 0.6) is 0 Å². The van der Waals surface area contributed by atoms with Crippen molar-refractivity contribution in [2.45, 2.75) is 6.54 Å². The number of hydrogen-bond acceptors (Lipinski definition) is 5. The molecule has 0 unspecified atom stereocenters. The number of benzene rings is 1. The van der Waals surface area contributed by atoms with Crippen LogP contribution < -0.4 is 5.56 Å². The molecule has 0 amide bonds. The van der Waals surface area contributed by atoms with E-state index in [1.54, 1.807) is 18.2 Å². The Morgan fingerprint density at radius 3 is 2.76 bits per heavy atom. The number of aromatic nitrogens is 4. The predicted octanol–water partition coefficient (Wildman–Crippen LogP) is 2.60. The van der Waals surface area contributed by atoms with Crippen LogP contribution in [-0.4, -0.2) is 19.4 Å². The fourth-order valence-corrected chi connectivity index (χ4v) is 2.42. The highest BCUT2D eigenvalue weighted by Gasteiger charge is 2.11. The highest BCUT2D eigenvalue weighted by molar-refractivity contribution is 7.10. The van der Waals surface area contributed by atoms with Crippen LogP contribution in [0.15, 0.2) is 41.2 Å². The molecule has 0 spiro atoms. The first-order chi connectivity index (χ1) is 10.1. The molecule has 2 aromatic heterocycles. The Balaban J connectivity index is 2.03. The Morgan fingerprint density at radius 1 is 1.24 bits per heavy atom. The molecule has 106 valence electrons. The summed E-state index contributed by atoms with van der Waals surface area (Å²) in [6, 6.07) is 9.06. The van der Waals surface area contributed by atoms with Crippen LogP contribution in [0.2, 0.25) is 4.34 Å². The minimum atomic E-state index is -0.399. The molecular formula is C13H8ClFN4OS. The topological polar surface area (TPSA) is 60.7 Å². The lowest BCUT2D eigenvalue weighted by molar-refractivity contribution is 0.616. The molecule has 0 radical (unpaired) electrons. The molecule has 0 bridgehead atoms.